The molecule has 1 aromatic rings. The molecule has 1 aromatic carbocycles. The van der Waals surface area contributed by atoms with Crippen molar-refractivity contribution in [2.75, 3.05) is 31.1 Å². The zero-order valence-electron chi connectivity index (χ0n) is 14.8. The largest absolute Gasteiger partial charge is 0.376 e. The Morgan fingerprint density at radius 3 is 2.67 bits per heavy atom. The van der Waals surface area contributed by atoms with Gasteiger partial charge in [0.15, 0.2) is 0 Å². The van der Waals surface area contributed by atoms with Crippen LogP contribution in [0.15, 0.2) is 24.3 Å². The SMILES string of the molecule is CC(C)N1CCC2(CC1)C(=O)N(CC1CCCO1)c1ccccc12. The first-order valence-corrected chi connectivity index (χ1v) is 9.39. The minimum atomic E-state index is -0.305. The zero-order valence-corrected chi connectivity index (χ0v) is 14.8. The van der Waals surface area contributed by atoms with Gasteiger partial charge in [0.25, 0.3) is 0 Å². The third kappa shape index (κ3) is 2.47. The Labute approximate surface area is 144 Å². The van der Waals surface area contributed by atoms with E-state index in [1.165, 1.54) is 5.56 Å². The van der Waals surface area contributed by atoms with Crippen LogP contribution in [-0.2, 0) is 14.9 Å². The van der Waals surface area contributed by atoms with Crippen LogP contribution < -0.4 is 4.90 Å². The highest BCUT2D eigenvalue weighted by Crippen LogP contribution is 2.48. The predicted octanol–water partition coefficient (Wildman–Crippen LogP) is 2.95. The second-order valence-electron chi connectivity index (χ2n) is 7.78. The van der Waals surface area contributed by atoms with Crippen LogP contribution in [0.1, 0.15) is 45.1 Å². The summed E-state index contributed by atoms with van der Waals surface area (Å²) in [6.45, 7) is 8.05. The molecule has 4 nitrogen and oxygen atoms in total. The van der Waals surface area contributed by atoms with E-state index >= 15 is 0 Å². The standard InChI is InChI=1S/C20H28N2O2/c1-15(2)21-11-9-20(10-12-21)17-7-3-4-8-18(17)22(19(20)23)14-16-6-5-13-24-16/h3-4,7-8,15-16H,5-6,9-14H2,1-2H3. The number of benzene rings is 1. The van der Waals surface area contributed by atoms with E-state index in [1.54, 1.807) is 0 Å². The van der Waals surface area contributed by atoms with Crippen molar-refractivity contribution in [2.45, 2.75) is 57.1 Å². The summed E-state index contributed by atoms with van der Waals surface area (Å²) in [5.74, 6) is 0.308. The van der Waals surface area contributed by atoms with Gasteiger partial charge >= 0.3 is 0 Å². The molecule has 1 unspecified atom stereocenters. The average Bonchev–Trinajstić information content (AvgIpc) is 3.18. The molecule has 2 saturated heterocycles. The molecule has 4 rings (SSSR count). The Bertz CT molecular complexity index is 614. The summed E-state index contributed by atoms with van der Waals surface area (Å²) in [7, 11) is 0. The second kappa shape index (κ2) is 6.16. The lowest BCUT2D eigenvalue weighted by atomic mass is 9.73. The van der Waals surface area contributed by atoms with Crippen LogP contribution in [0.4, 0.5) is 5.69 Å². The van der Waals surface area contributed by atoms with Crippen LogP contribution >= 0.6 is 0 Å². The fourth-order valence-electron chi connectivity index (χ4n) is 4.68. The molecule has 0 aliphatic carbocycles. The van der Waals surface area contributed by atoms with Crippen LogP contribution in [0.25, 0.3) is 0 Å². The molecule has 3 aliphatic rings. The minimum absolute atomic E-state index is 0.202. The van der Waals surface area contributed by atoms with Crippen molar-refractivity contribution in [3.8, 4) is 0 Å². The molecule has 3 aliphatic heterocycles. The van der Waals surface area contributed by atoms with Gasteiger partial charge in [-0.15, -0.1) is 0 Å². The average molecular weight is 328 g/mol. The molecule has 1 amide bonds. The Kier molecular flexibility index (Phi) is 4.13. The lowest BCUT2D eigenvalue weighted by Gasteiger charge is -2.40. The van der Waals surface area contributed by atoms with E-state index < -0.39 is 0 Å². The number of amides is 1. The van der Waals surface area contributed by atoms with Gasteiger partial charge in [0.1, 0.15) is 0 Å². The Balaban J connectivity index is 1.63. The number of piperidine rings is 1. The molecule has 0 N–H and O–H groups in total. The molecule has 130 valence electrons. The first kappa shape index (κ1) is 16.1. The highest BCUT2D eigenvalue weighted by Gasteiger charge is 2.52. The quantitative estimate of drug-likeness (QED) is 0.855. The molecule has 0 radical (unpaired) electrons. The number of rotatable bonds is 3. The molecule has 0 saturated carbocycles. The van der Waals surface area contributed by atoms with E-state index in [0.29, 0.717) is 18.5 Å². The van der Waals surface area contributed by atoms with Gasteiger partial charge in [0, 0.05) is 18.3 Å². The Hall–Kier alpha value is -1.39. The highest BCUT2D eigenvalue weighted by molar-refractivity contribution is 6.08. The number of carbonyl (C=O) groups excluding carboxylic acids is 1. The van der Waals surface area contributed by atoms with Crippen molar-refractivity contribution in [3.05, 3.63) is 29.8 Å². The monoisotopic (exact) mass is 328 g/mol. The summed E-state index contributed by atoms with van der Waals surface area (Å²) in [5, 5.41) is 0. The third-order valence-corrected chi connectivity index (χ3v) is 6.16. The summed E-state index contributed by atoms with van der Waals surface area (Å²) < 4.78 is 5.80. The summed E-state index contributed by atoms with van der Waals surface area (Å²) in [6.07, 6.45) is 4.25. The minimum Gasteiger partial charge on any atom is -0.376 e. The number of ether oxygens (including phenoxy) is 1. The highest BCUT2D eigenvalue weighted by atomic mass is 16.5. The number of carbonyl (C=O) groups is 1. The van der Waals surface area contributed by atoms with E-state index in [1.807, 2.05) is 4.90 Å². The van der Waals surface area contributed by atoms with Gasteiger partial charge in [-0.05, 0) is 64.3 Å². The van der Waals surface area contributed by atoms with Crippen molar-refractivity contribution in [2.24, 2.45) is 0 Å². The normalized spacial score (nSPS) is 26.5. The van der Waals surface area contributed by atoms with Crippen molar-refractivity contribution in [1.29, 1.82) is 0 Å². The molecule has 24 heavy (non-hydrogen) atoms. The van der Waals surface area contributed by atoms with Gasteiger partial charge < -0.3 is 14.5 Å². The maximum atomic E-state index is 13.5. The number of hydrogen-bond acceptors (Lipinski definition) is 3. The number of anilines is 1. The fraction of sp³-hybridized carbons (Fsp3) is 0.650. The van der Waals surface area contributed by atoms with Crippen molar-refractivity contribution in [1.82, 2.24) is 4.90 Å². The van der Waals surface area contributed by atoms with Gasteiger partial charge in [-0.2, -0.15) is 0 Å². The van der Waals surface area contributed by atoms with Crippen molar-refractivity contribution >= 4 is 11.6 Å². The molecular formula is C20H28N2O2. The van der Waals surface area contributed by atoms with Gasteiger partial charge in [-0.25, -0.2) is 0 Å². The summed E-state index contributed by atoms with van der Waals surface area (Å²) in [4.78, 5) is 18.0. The summed E-state index contributed by atoms with van der Waals surface area (Å²) >= 11 is 0. The number of likely N-dealkylation sites (tertiary alicyclic amines) is 1. The second-order valence-corrected chi connectivity index (χ2v) is 7.78. The molecule has 0 aromatic heterocycles. The van der Waals surface area contributed by atoms with E-state index in [9.17, 15) is 4.79 Å². The first-order chi connectivity index (χ1) is 11.6. The number of hydrogen-bond donors (Lipinski definition) is 0. The van der Waals surface area contributed by atoms with E-state index in [-0.39, 0.29) is 11.5 Å². The number of nitrogens with zero attached hydrogens (tertiary/aromatic N) is 2. The molecule has 4 heteroatoms. The topological polar surface area (TPSA) is 32.8 Å². The smallest absolute Gasteiger partial charge is 0.237 e. The van der Waals surface area contributed by atoms with Crippen molar-refractivity contribution < 1.29 is 9.53 Å². The molecular weight excluding hydrogens is 300 g/mol. The molecule has 2 fully saturated rings. The molecule has 1 spiro atoms. The summed E-state index contributed by atoms with van der Waals surface area (Å²) in [6, 6.07) is 8.98. The molecule has 0 bridgehead atoms. The predicted molar refractivity (Wildman–Crippen MR) is 95.4 cm³/mol. The molecule has 1 atom stereocenters. The van der Waals surface area contributed by atoms with Gasteiger partial charge in [0.2, 0.25) is 5.91 Å². The first-order valence-electron chi connectivity index (χ1n) is 9.39. The van der Waals surface area contributed by atoms with E-state index in [0.717, 1.165) is 51.1 Å². The van der Waals surface area contributed by atoms with Crippen LogP contribution in [-0.4, -0.2) is 49.2 Å². The Morgan fingerprint density at radius 2 is 2.00 bits per heavy atom. The van der Waals surface area contributed by atoms with E-state index in [2.05, 4.69) is 43.0 Å². The van der Waals surface area contributed by atoms with Crippen molar-refractivity contribution in [3.63, 3.8) is 0 Å². The lowest BCUT2D eigenvalue weighted by molar-refractivity contribution is -0.125. The molecule has 3 heterocycles. The maximum absolute atomic E-state index is 13.5. The van der Waals surface area contributed by atoms with Gasteiger partial charge in [-0.1, -0.05) is 18.2 Å². The maximum Gasteiger partial charge on any atom is 0.237 e. The van der Waals surface area contributed by atoms with E-state index in [4.69, 9.17) is 4.74 Å². The van der Waals surface area contributed by atoms with Crippen LogP contribution in [0, 0.1) is 0 Å². The lowest BCUT2D eigenvalue weighted by Crippen LogP contribution is -2.51. The number of para-hydroxylation sites is 1. The Morgan fingerprint density at radius 1 is 1.25 bits per heavy atom. The van der Waals surface area contributed by atoms with Crippen LogP contribution in [0.2, 0.25) is 0 Å². The number of fused-ring (bicyclic) bond motifs is 2. The van der Waals surface area contributed by atoms with Crippen LogP contribution in [0.5, 0.6) is 0 Å². The zero-order chi connectivity index (χ0) is 16.7. The summed E-state index contributed by atoms with van der Waals surface area (Å²) in [5.41, 5.74) is 2.06. The van der Waals surface area contributed by atoms with Gasteiger partial charge in [0.05, 0.1) is 18.1 Å². The fourth-order valence-corrected chi connectivity index (χ4v) is 4.68. The van der Waals surface area contributed by atoms with Gasteiger partial charge in [-0.3, -0.25) is 4.79 Å². The van der Waals surface area contributed by atoms with Crippen LogP contribution in [0.3, 0.4) is 0 Å². The third-order valence-electron chi connectivity index (χ3n) is 6.16.